The Balaban J connectivity index is 1.79. The van der Waals surface area contributed by atoms with Crippen molar-refractivity contribution >= 4 is 34.9 Å². The number of aliphatic hydroxyl groups is 1. The number of hydrogen-bond donors (Lipinski definition) is 1. The molecule has 2 heterocycles. The maximum atomic E-state index is 9.15. The SMILES string of the molecule is C#CCOc1ccc2c(c1)c(-c1ccc(C(C)C)cc1)nc(=S)n2CC1SC=CC1OCCO. The lowest BCUT2D eigenvalue weighted by Gasteiger charge is -2.22. The quantitative estimate of drug-likeness (QED) is 0.311. The first-order valence-electron chi connectivity index (χ1n) is 11.3. The summed E-state index contributed by atoms with van der Waals surface area (Å²) in [5, 5.41) is 12.3. The van der Waals surface area contributed by atoms with Gasteiger partial charge in [0, 0.05) is 17.5 Å². The summed E-state index contributed by atoms with van der Waals surface area (Å²) in [6.45, 7) is 5.49. The minimum Gasteiger partial charge on any atom is -0.481 e. The summed E-state index contributed by atoms with van der Waals surface area (Å²) in [6, 6.07) is 14.4. The third-order valence-corrected chi connectivity index (χ3v) is 7.17. The molecule has 3 aromatic rings. The number of aromatic nitrogens is 2. The van der Waals surface area contributed by atoms with Gasteiger partial charge in [-0.25, -0.2) is 4.98 Å². The smallest absolute Gasteiger partial charge is 0.200 e. The Morgan fingerprint density at radius 3 is 2.74 bits per heavy atom. The maximum absolute atomic E-state index is 9.15. The molecule has 1 aliphatic heterocycles. The van der Waals surface area contributed by atoms with E-state index in [1.807, 2.05) is 29.7 Å². The zero-order valence-corrected chi connectivity index (χ0v) is 20.9. The topological polar surface area (TPSA) is 56.5 Å². The molecule has 1 N–H and O–H groups in total. The lowest BCUT2D eigenvalue weighted by Crippen LogP contribution is -2.27. The van der Waals surface area contributed by atoms with E-state index >= 15 is 0 Å². The molecule has 2 aromatic carbocycles. The largest absolute Gasteiger partial charge is 0.481 e. The molecule has 0 bridgehead atoms. The van der Waals surface area contributed by atoms with Crippen LogP contribution in [0, 0.1) is 17.1 Å². The average molecular weight is 493 g/mol. The first kappa shape index (κ1) is 24.5. The van der Waals surface area contributed by atoms with Gasteiger partial charge >= 0.3 is 0 Å². The summed E-state index contributed by atoms with van der Waals surface area (Å²) < 4.78 is 14.1. The van der Waals surface area contributed by atoms with Crippen LogP contribution in [0.2, 0.25) is 0 Å². The fraction of sp³-hybridized carbons (Fsp3) is 0.333. The standard InChI is InChI=1S/C27H28N2O3S2/c1-4-13-31-21-9-10-23-22(16-21)26(20-7-5-19(6-8-20)18(2)3)28-27(33)29(23)17-25-24(11-15-34-25)32-14-12-30/h1,5-11,15-16,18,24-25,30H,12-14,17H2,2-3H3. The van der Waals surface area contributed by atoms with E-state index in [1.54, 1.807) is 11.8 Å². The molecule has 0 spiro atoms. The first-order chi connectivity index (χ1) is 16.5. The molecule has 5 nitrogen and oxygen atoms in total. The van der Waals surface area contributed by atoms with E-state index in [1.165, 1.54) is 5.56 Å². The molecule has 34 heavy (non-hydrogen) atoms. The molecule has 0 radical (unpaired) electrons. The zero-order valence-electron chi connectivity index (χ0n) is 19.3. The van der Waals surface area contributed by atoms with Gasteiger partial charge in [-0.15, -0.1) is 18.2 Å². The summed E-state index contributed by atoms with van der Waals surface area (Å²) in [6.07, 6.45) is 7.33. The molecule has 0 aliphatic carbocycles. The van der Waals surface area contributed by atoms with Gasteiger partial charge in [0.1, 0.15) is 12.4 Å². The zero-order chi connectivity index (χ0) is 24.1. The van der Waals surface area contributed by atoms with Gasteiger partial charge in [0.15, 0.2) is 0 Å². The summed E-state index contributed by atoms with van der Waals surface area (Å²) in [4.78, 5) is 4.87. The van der Waals surface area contributed by atoms with Gasteiger partial charge in [-0.05, 0) is 53.4 Å². The fourth-order valence-corrected chi connectivity index (χ4v) is 5.27. The monoisotopic (exact) mass is 492 g/mol. The lowest BCUT2D eigenvalue weighted by molar-refractivity contribution is 0.0528. The van der Waals surface area contributed by atoms with Crippen LogP contribution in [-0.2, 0) is 11.3 Å². The number of rotatable bonds is 9. The van der Waals surface area contributed by atoms with Crippen molar-refractivity contribution in [3.8, 4) is 29.4 Å². The second-order valence-electron chi connectivity index (χ2n) is 8.36. The summed E-state index contributed by atoms with van der Waals surface area (Å²) in [7, 11) is 0. The van der Waals surface area contributed by atoms with Crippen molar-refractivity contribution in [1.29, 1.82) is 0 Å². The van der Waals surface area contributed by atoms with Crippen molar-refractivity contribution in [3.63, 3.8) is 0 Å². The van der Waals surface area contributed by atoms with Crippen LogP contribution in [-0.4, -0.2) is 45.8 Å². The Labute approximate surface area is 209 Å². The number of terminal acetylenes is 1. The predicted octanol–water partition coefficient (Wildman–Crippen LogP) is 5.57. The van der Waals surface area contributed by atoms with Crippen molar-refractivity contribution < 1.29 is 14.6 Å². The van der Waals surface area contributed by atoms with E-state index in [-0.39, 0.29) is 24.6 Å². The Kier molecular flexibility index (Phi) is 8.07. The van der Waals surface area contributed by atoms with Crippen molar-refractivity contribution in [2.45, 2.75) is 37.7 Å². The molecule has 4 rings (SSSR count). The van der Waals surface area contributed by atoms with Gasteiger partial charge in [-0.2, -0.15) is 0 Å². The number of thioether (sulfide) groups is 1. The molecular weight excluding hydrogens is 464 g/mol. The highest BCUT2D eigenvalue weighted by atomic mass is 32.2. The summed E-state index contributed by atoms with van der Waals surface area (Å²) >= 11 is 7.48. The molecular formula is C27H28N2O3S2. The number of nitrogens with zero attached hydrogens (tertiary/aromatic N) is 2. The van der Waals surface area contributed by atoms with Crippen LogP contribution in [0.25, 0.3) is 22.2 Å². The molecule has 2 atom stereocenters. The van der Waals surface area contributed by atoms with E-state index in [2.05, 4.69) is 48.6 Å². The molecule has 1 aromatic heterocycles. The fourth-order valence-electron chi connectivity index (χ4n) is 4.00. The van der Waals surface area contributed by atoms with E-state index in [0.29, 0.717) is 29.6 Å². The molecule has 0 saturated carbocycles. The molecule has 2 unspecified atom stereocenters. The van der Waals surface area contributed by atoms with E-state index in [0.717, 1.165) is 22.2 Å². The first-order valence-corrected chi connectivity index (χ1v) is 12.6. The number of ether oxygens (including phenoxy) is 2. The van der Waals surface area contributed by atoms with Gasteiger partial charge in [0.2, 0.25) is 4.77 Å². The van der Waals surface area contributed by atoms with Gasteiger partial charge in [-0.1, -0.05) is 44.0 Å². The van der Waals surface area contributed by atoms with E-state index in [9.17, 15) is 0 Å². The lowest BCUT2D eigenvalue weighted by atomic mass is 9.99. The van der Waals surface area contributed by atoms with Crippen LogP contribution in [0.5, 0.6) is 5.75 Å². The average Bonchev–Trinajstić information content (AvgIpc) is 3.29. The molecule has 0 saturated heterocycles. The Morgan fingerprint density at radius 2 is 2.03 bits per heavy atom. The van der Waals surface area contributed by atoms with Crippen LogP contribution >= 0.6 is 24.0 Å². The van der Waals surface area contributed by atoms with E-state index in [4.69, 9.17) is 38.2 Å². The van der Waals surface area contributed by atoms with Crippen LogP contribution in [0.15, 0.2) is 53.9 Å². The highest BCUT2D eigenvalue weighted by Crippen LogP contribution is 2.34. The summed E-state index contributed by atoms with van der Waals surface area (Å²) in [5.41, 5.74) is 4.07. The van der Waals surface area contributed by atoms with Gasteiger partial charge in [0.05, 0.1) is 35.8 Å². The van der Waals surface area contributed by atoms with Crippen molar-refractivity contribution in [2.75, 3.05) is 19.8 Å². The van der Waals surface area contributed by atoms with E-state index < -0.39 is 0 Å². The van der Waals surface area contributed by atoms with Gasteiger partial charge < -0.3 is 19.1 Å². The molecule has 0 fully saturated rings. The van der Waals surface area contributed by atoms with Crippen LogP contribution < -0.4 is 4.74 Å². The predicted molar refractivity (Wildman–Crippen MR) is 142 cm³/mol. The number of benzene rings is 2. The molecule has 0 amide bonds. The van der Waals surface area contributed by atoms with Crippen molar-refractivity contribution in [2.24, 2.45) is 0 Å². The Hall–Kier alpha value is -2.63. The number of hydrogen-bond acceptors (Lipinski definition) is 6. The second-order valence-corrected chi connectivity index (χ2v) is 9.88. The minimum atomic E-state index is -0.0874. The van der Waals surface area contributed by atoms with Crippen LogP contribution in [0.3, 0.4) is 0 Å². The maximum Gasteiger partial charge on any atom is 0.200 e. The van der Waals surface area contributed by atoms with Crippen molar-refractivity contribution in [3.05, 3.63) is 64.3 Å². The second kappa shape index (κ2) is 11.2. The Morgan fingerprint density at radius 1 is 1.24 bits per heavy atom. The van der Waals surface area contributed by atoms with Crippen molar-refractivity contribution in [1.82, 2.24) is 9.55 Å². The minimum absolute atomic E-state index is 0.00360. The number of aliphatic hydroxyl groups excluding tert-OH is 1. The number of fused-ring (bicyclic) bond motifs is 1. The highest BCUT2D eigenvalue weighted by molar-refractivity contribution is 8.03. The third kappa shape index (κ3) is 5.37. The summed E-state index contributed by atoms with van der Waals surface area (Å²) in [5.74, 6) is 3.66. The normalized spacial score (nSPS) is 17.4. The third-order valence-electron chi connectivity index (χ3n) is 5.78. The molecule has 176 valence electrons. The molecule has 1 aliphatic rings. The van der Waals surface area contributed by atoms with Gasteiger partial charge in [-0.3, -0.25) is 0 Å². The van der Waals surface area contributed by atoms with Crippen LogP contribution in [0.4, 0.5) is 0 Å². The van der Waals surface area contributed by atoms with Crippen LogP contribution in [0.1, 0.15) is 25.3 Å². The van der Waals surface area contributed by atoms with Gasteiger partial charge in [0.25, 0.3) is 0 Å². The highest BCUT2D eigenvalue weighted by Gasteiger charge is 2.26. The molecule has 7 heteroatoms. The Bertz CT molecular complexity index is 1280.